The van der Waals surface area contributed by atoms with Gasteiger partial charge >= 0.3 is 0 Å². The van der Waals surface area contributed by atoms with Crippen molar-refractivity contribution in [2.24, 2.45) is 52.3 Å². The molecule has 9 unspecified atom stereocenters. The Labute approximate surface area is 168 Å². The van der Waals surface area contributed by atoms with Crippen molar-refractivity contribution < 1.29 is 4.79 Å². The number of Topliss-reactive ketones (excluding diaryl/α,β-unsaturated/α-hetero) is 1. The summed E-state index contributed by atoms with van der Waals surface area (Å²) in [7, 11) is 0. The molecule has 4 saturated carbocycles. The Kier molecular flexibility index (Phi) is 5.30. The molecule has 1 heteroatoms. The fraction of sp³-hybridized carbons (Fsp3) is 0.962. The minimum Gasteiger partial charge on any atom is -0.300 e. The van der Waals surface area contributed by atoms with Crippen LogP contribution in [0.3, 0.4) is 0 Å². The summed E-state index contributed by atoms with van der Waals surface area (Å²) in [5, 5.41) is 0. The summed E-state index contributed by atoms with van der Waals surface area (Å²) in [6.07, 6.45) is 15.3. The second kappa shape index (κ2) is 7.17. The van der Waals surface area contributed by atoms with Crippen LogP contribution < -0.4 is 0 Å². The Morgan fingerprint density at radius 1 is 0.963 bits per heavy atom. The number of rotatable bonds is 4. The number of carbonyl (C=O) groups excluding carboxylic acids is 1. The zero-order valence-electron chi connectivity index (χ0n) is 18.7. The lowest BCUT2D eigenvalue weighted by Crippen LogP contribution is -2.53. The first-order valence-corrected chi connectivity index (χ1v) is 12.2. The molecule has 0 aromatic rings. The maximum atomic E-state index is 11.5. The van der Waals surface area contributed by atoms with Gasteiger partial charge in [-0.15, -0.1) is 0 Å². The molecule has 4 aliphatic carbocycles. The topological polar surface area (TPSA) is 17.1 Å². The van der Waals surface area contributed by atoms with Gasteiger partial charge in [0.1, 0.15) is 5.78 Å². The Morgan fingerprint density at radius 3 is 2.41 bits per heavy atom. The number of fused-ring (bicyclic) bond motifs is 5. The zero-order chi connectivity index (χ0) is 19.4. The van der Waals surface area contributed by atoms with Gasteiger partial charge in [-0.2, -0.15) is 0 Å². The predicted molar refractivity (Wildman–Crippen MR) is 113 cm³/mol. The van der Waals surface area contributed by atoms with Crippen molar-refractivity contribution in [3.63, 3.8) is 0 Å². The molecule has 4 fully saturated rings. The largest absolute Gasteiger partial charge is 0.300 e. The van der Waals surface area contributed by atoms with E-state index in [1.165, 1.54) is 57.8 Å². The highest BCUT2D eigenvalue weighted by atomic mass is 16.1. The smallest absolute Gasteiger partial charge is 0.129 e. The van der Waals surface area contributed by atoms with Crippen LogP contribution in [0.2, 0.25) is 0 Å². The summed E-state index contributed by atoms with van der Waals surface area (Å²) in [6, 6.07) is 0. The van der Waals surface area contributed by atoms with Crippen LogP contribution in [0.4, 0.5) is 0 Å². The van der Waals surface area contributed by atoms with E-state index in [0.29, 0.717) is 16.6 Å². The average Bonchev–Trinajstić information content (AvgIpc) is 2.97. The van der Waals surface area contributed by atoms with Crippen molar-refractivity contribution in [1.82, 2.24) is 0 Å². The minimum absolute atomic E-state index is 0.378. The number of hydrogen-bond acceptors (Lipinski definition) is 1. The van der Waals surface area contributed by atoms with Gasteiger partial charge in [-0.1, -0.05) is 34.1 Å². The summed E-state index contributed by atoms with van der Waals surface area (Å²) < 4.78 is 0. The zero-order valence-corrected chi connectivity index (χ0v) is 18.7. The van der Waals surface area contributed by atoms with Gasteiger partial charge < -0.3 is 4.79 Å². The molecular formula is C26H44O. The standard InChI is InChI=1S/C26H44O/c1-17-12-14-25(4)20(16-17)8-9-21-23-11-10-22(18(2)6-7-19(3)27)26(23,5)15-13-24(21)25/h17-18,20-24H,6-16H2,1-5H3. The van der Waals surface area contributed by atoms with Gasteiger partial charge in [0.2, 0.25) is 0 Å². The quantitative estimate of drug-likeness (QED) is 0.506. The molecule has 9 atom stereocenters. The van der Waals surface area contributed by atoms with Crippen LogP contribution in [0.25, 0.3) is 0 Å². The van der Waals surface area contributed by atoms with Crippen molar-refractivity contribution in [3.05, 3.63) is 0 Å². The van der Waals surface area contributed by atoms with Gasteiger partial charge in [-0.25, -0.2) is 0 Å². The van der Waals surface area contributed by atoms with Gasteiger partial charge in [0, 0.05) is 6.42 Å². The predicted octanol–water partition coefficient (Wildman–Crippen LogP) is 7.29. The van der Waals surface area contributed by atoms with E-state index in [2.05, 4.69) is 27.7 Å². The first-order chi connectivity index (χ1) is 12.8. The molecule has 154 valence electrons. The van der Waals surface area contributed by atoms with E-state index in [9.17, 15) is 4.79 Å². The molecule has 0 aromatic heterocycles. The fourth-order valence-electron chi connectivity index (χ4n) is 9.08. The molecule has 0 amide bonds. The molecule has 0 spiro atoms. The Balaban J connectivity index is 1.51. The summed E-state index contributed by atoms with van der Waals surface area (Å²) in [5.74, 6) is 6.92. The van der Waals surface area contributed by atoms with E-state index >= 15 is 0 Å². The van der Waals surface area contributed by atoms with Crippen LogP contribution in [0.15, 0.2) is 0 Å². The van der Waals surface area contributed by atoms with E-state index in [4.69, 9.17) is 0 Å². The molecule has 27 heavy (non-hydrogen) atoms. The second-order valence-corrected chi connectivity index (χ2v) is 12.0. The molecule has 4 aliphatic rings. The van der Waals surface area contributed by atoms with Crippen LogP contribution in [-0.4, -0.2) is 5.78 Å². The van der Waals surface area contributed by atoms with Crippen LogP contribution in [-0.2, 0) is 4.79 Å². The van der Waals surface area contributed by atoms with Gasteiger partial charge in [0.15, 0.2) is 0 Å². The van der Waals surface area contributed by atoms with Gasteiger partial charge in [-0.3, -0.25) is 0 Å². The molecule has 0 heterocycles. The Hall–Kier alpha value is -0.330. The van der Waals surface area contributed by atoms with Crippen molar-refractivity contribution in [1.29, 1.82) is 0 Å². The second-order valence-electron chi connectivity index (χ2n) is 12.0. The molecule has 0 saturated heterocycles. The molecule has 0 aliphatic heterocycles. The van der Waals surface area contributed by atoms with E-state index in [1.54, 1.807) is 6.92 Å². The van der Waals surface area contributed by atoms with Crippen molar-refractivity contribution >= 4 is 5.78 Å². The number of ketones is 1. The average molecular weight is 373 g/mol. The maximum absolute atomic E-state index is 11.5. The van der Waals surface area contributed by atoms with Crippen LogP contribution in [0, 0.1) is 52.3 Å². The molecule has 0 N–H and O–H groups in total. The fourth-order valence-corrected chi connectivity index (χ4v) is 9.08. The molecule has 4 rings (SSSR count). The van der Waals surface area contributed by atoms with Crippen molar-refractivity contribution in [2.75, 3.05) is 0 Å². The van der Waals surface area contributed by atoms with E-state index < -0.39 is 0 Å². The lowest BCUT2D eigenvalue weighted by atomic mass is 9.44. The summed E-state index contributed by atoms with van der Waals surface area (Å²) in [4.78, 5) is 11.5. The number of hydrogen-bond donors (Lipinski definition) is 0. The third kappa shape index (κ3) is 3.24. The Morgan fingerprint density at radius 2 is 1.67 bits per heavy atom. The molecular weight excluding hydrogens is 328 g/mol. The van der Waals surface area contributed by atoms with Crippen LogP contribution >= 0.6 is 0 Å². The van der Waals surface area contributed by atoms with E-state index in [0.717, 1.165) is 54.3 Å². The van der Waals surface area contributed by atoms with Crippen molar-refractivity contribution in [3.8, 4) is 0 Å². The molecule has 0 bridgehead atoms. The number of carbonyl (C=O) groups is 1. The van der Waals surface area contributed by atoms with Gasteiger partial charge in [0.25, 0.3) is 0 Å². The lowest BCUT2D eigenvalue weighted by molar-refractivity contribution is -0.121. The third-order valence-electron chi connectivity index (χ3n) is 10.6. The van der Waals surface area contributed by atoms with Crippen LogP contribution in [0.5, 0.6) is 0 Å². The maximum Gasteiger partial charge on any atom is 0.129 e. The van der Waals surface area contributed by atoms with Gasteiger partial charge in [0.05, 0.1) is 0 Å². The SMILES string of the molecule is CC(=O)CCC(C)C1CCC2C3CCC4CC(C)CCC4(C)C3CCC12C. The highest BCUT2D eigenvalue weighted by Crippen LogP contribution is 2.68. The van der Waals surface area contributed by atoms with Crippen molar-refractivity contribution in [2.45, 2.75) is 105 Å². The first-order valence-electron chi connectivity index (χ1n) is 12.2. The lowest BCUT2D eigenvalue weighted by Gasteiger charge is -2.61. The summed E-state index contributed by atoms with van der Waals surface area (Å²) in [5.41, 5.74) is 1.21. The Bertz CT molecular complexity index is 567. The molecule has 1 nitrogen and oxygen atoms in total. The summed E-state index contributed by atoms with van der Waals surface area (Å²) in [6.45, 7) is 12.1. The third-order valence-corrected chi connectivity index (χ3v) is 10.6. The monoisotopic (exact) mass is 372 g/mol. The van der Waals surface area contributed by atoms with Crippen LogP contribution in [0.1, 0.15) is 105 Å². The van der Waals surface area contributed by atoms with E-state index in [1.807, 2.05) is 0 Å². The van der Waals surface area contributed by atoms with E-state index in [-0.39, 0.29) is 0 Å². The molecule has 0 aromatic carbocycles. The molecule has 0 radical (unpaired) electrons. The first kappa shape index (κ1) is 20.0. The highest BCUT2D eigenvalue weighted by molar-refractivity contribution is 5.75. The van der Waals surface area contributed by atoms with Gasteiger partial charge in [-0.05, 0) is 117 Å². The summed E-state index contributed by atoms with van der Waals surface area (Å²) >= 11 is 0. The minimum atomic E-state index is 0.378. The highest BCUT2D eigenvalue weighted by Gasteiger charge is 2.60. The normalized spacial score (nSPS) is 50.4.